The van der Waals surface area contributed by atoms with Crippen LogP contribution >= 0.6 is 0 Å². The Kier molecular flexibility index (Phi) is 5.22. The molecule has 0 saturated carbocycles. The maximum atomic E-state index is 5.79. The number of likely N-dealkylation sites (N-methyl/N-ethyl adjacent to an activating group) is 1. The van der Waals surface area contributed by atoms with Crippen LogP contribution in [0.2, 0.25) is 0 Å². The predicted molar refractivity (Wildman–Crippen MR) is 68.8 cm³/mol. The molecule has 3 heteroatoms. The first-order valence-electron chi connectivity index (χ1n) is 6.42. The van der Waals surface area contributed by atoms with Crippen molar-refractivity contribution in [2.75, 3.05) is 33.3 Å². The Morgan fingerprint density at radius 2 is 2.12 bits per heavy atom. The molecule has 0 aromatic carbocycles. The van der Waals surface area contributed by atoms with Crippen LogP contribution in [0.4, 0.5) is 0 Å². The molecule has 0 aliphatic carbocycles. The lowest BCUT2D eigenvalue weighted by atomic mass is 9.92. The maximum Gasteiger partial charge on any atom is 0.0852 e. The molecule has 0 aromatic rings. The smallest absolute Gasteiger partial charge is 0.0852 e. The summed E-state index contributed by atoms with van der Waals surface area (Å²) in [7, 11) is 2.16. The van der Waals surface area contributed by atoms with E-state index in [0.717, 1.165) is 26.2 Å². The molecule has 96 valence electrons. The van der Waals surface area contributed by atoms with Gasteiger partial charge in [0.25, 0.3) is 0 Å². The lowest BCUT2D eigenvalue weighted by molar-refractivity contribution is -0.0355. The number of nitrogens with one attached hydrogen (secondary N) is 1. The highest BCUT2D eigenvalue weighted by Gasteiger charge is 2.23. The van der Waals surface area contributed by atoms with Gasteiger partial charge in [0.1, 0.15) is 0 Å². The number of hydrogen-bond acceptors (Lipinski definition) is 3. The zero-order valence-electron chi connectivity index (χ0n) is 11.5. The molecule has 1 N–H and O–H groups in total. The number of hydrogen-bond donors (Lipinski definition) is 1. The van der Waals surface area contributed by atoms with Gasteiger partial charge in [0.05, 0.1) is 12.7 Å². The molecule has 0 spiro atoms. The summed E-state index contributed by atoms with van der Waals surface area (Å²) in [5, 5.41) is 3.58. The third-order valence-electron chi connectivity index (χ3n) is 3.20. The van der Waals surface area contributed by atoms with Gasteiger partial charge < -0.3 is 15.0 Å². The molecule has 1 heterocycles. The second kappa shape index (κ2) is 5.99. The van der Waals surface area contributed by atoms with Crippen molar-refractivity contribution in [3.63, 3.8) is 0 Å². The first kappa shape index (κ1) is 13.9. The summed E-state index contributed by atoms with van der Waals surface area (Å²) >= 11 is 0. The van der Waals surface area contributed by atoms with Crippen LogP contribution in [0.5, 0.6) is 0 Å². The number of ether oxygens (including phenoxy) is 1. The van der Waals surface area contributed by atoms with E-state index in [-0.39, 0.29) is 0 Å². The largest absolute Gasteiger partial charge is 0.374 e. The minimum atomic E-state index is 0.346. The molecule has 1 rings (SSSR count). The van der Waals surface area contributed by atoms with Crippen molar-refractivity contribution in [1.82, 2.24) is 10.2 Å². The van der Waals surface area contributed by atoms with Gasteiger partial charge in [0.2, 0.25) is 0 Å². The highest BCUT2D eigenvalue weighted by Crippen LogP contribution is 2.17. The quantitative estimate of drug-likeness (QED) is 0.793. The molecule has 0 amide bonds. The van der Waals surface area contributed by atoms with Gasteiger partial charge in [-0.3, -0.25) is 0 Å². The number of rotatable bonds is 4. The fraction of sp³-hybridized carbons (Fsp3) is 1.00. The topological polar surface area (TPSA) is 24.5 Å². The molecular formula is C13H28N2O. The summed E-state index contributed by atoms with van der Waals surface area (Å²) in [6.07, 6.45) is 1.55. The Morgan fingerprint density at radius 3 is 2.69 bits per heavy atom. The third kappa shape index (κ3) is 5.28. The molecule has 3 nitrogen and oxygen atoms in total. The second-order valence-electron chi connectivity index (χ2n) is 6.22. The fourth-order valence-corrected chi connectivity index (χ4v) is 1.92. The van der Waals surface area contributed by atoms with Crippen LogP contribution in [-0.4, -0.2) is 50.3 Å². The maximum absolute atomic E-state index is 5.79. The normalized spacial score (nSPS) is 25.7. The lowest BCUT2D eigenvalue weighted by Crippen LogP contribution is -2.50. The fourth-order valence-electron chi connectivity index (χ4n) is 1.92. The van der Waals surface area contributed by atoms with Gasteiger partial charge in [-0.05, 0) is 32.4 Å². The van der Waals surface area contributed by atoms with Crippen molar-refractivity contribution < 1.29 is 4.74 Å². The number of morpholine rings is 1. The summed E-state index contributed by atoms with van der Waals surface area (Å²) in [4.78, 5) is 2.34. The highest BCUT2D eigenvalue weighted by atomic mass is 16.5. The van der Waals surface area contributed by atoms with E-state index in [4.69, 9.17) is 4.74 Å². The zero-order chi connectivity index (χ0) is 12.2. The summed E-state index contributed by atoms with van der Waals surface area (Å²) in [5.41, 5.74) is 0.414. The van der Waals surface area contributed by atoms with Crippen molar-refractivity contribution in [3.8, 4) is 0 Å². The molecule has 1 aliphatic heterocycles. The van der Waals surface area contributed by atoms with Crippen LogP contribution < -0.4 is 5.32 Å². The Labute approximate surface area is 101 Å². The van der Waals surface area contributed by atoms with Crippen molar-refractivity contribution in [2.24, 2.45) is 5.41 Å². The Bertz CT molecular complexity index is 201. The molecular weight excluding hydrogens is 200 g/mol. The Balaban J connectivity index is 2.21. The SMILES string of the molecule is C[C@@H](NCCC(C)(C)C)[C@H]1CN(C)CCO1. The highest BCUT2D eigenvalue weighted by molar-refractivity contribution is 4.79. The molecule has 1 fully saturated rings. The predicted octanol–water partition coefficient (Wildman–Crippen LogP) is 1.73. The van der Waals surface area contributed by atoms with E-state index in [2.05, 4.69) is 45.0 Å². The molecule has 0 unspecified atom stereocenters. The van der Waals surface area contributed by atoms with Crippen LogP contribution in [-0.2, 0) is 4.74 Å². The average molecular weight is 228 g/mol. The van der Waals surface area contributed by atoms with Crippen LogP contribution in [0.15, 0.2) is 0 Å². The first-order valence-corrected chi connectivity index (χ1v) is 6.42. The van der Waals surface area contributed by atoms with Crippen molar-refractivity contribution in [2.45, 2.75) is 46.3 Å². The van der Waals surface area contributed by atoms with E-state index >= 15 is 0 Å². The monoisotopic (exact) mass is 228 g/mol. The van der Waals surface area contributed by atoms with Gasteiger partial charge in [-0.2, -0.15) is 0 Å². The minimum absolute atomic E-state index is 0.346. The van der Waals surface area contributed by atoms with E-state index < -0.39 is 0 Å². The zero-order valence-corrected chi connectivity index (χ0v) is 11.5. The number of nitrogens with zero attached hydrogens (tertiary/aromatic N) is 1. The van der Waals surface area contributed by atoms with Crippen LogP contribution in [0.1, 0.15) is 34.1 Å². The summed E-state index contributed by atoms with van der Waals surface area (Å²) in [5.74, 6) is 0. The summed E-state index contributed by atoms with van der Waals surface area (Å²) in [6, 6.07) is 0.449. The van der Waals surface area contributed by atoms with Gasteiger partial charge in [0, 0.05) is 19.1 Å². The second-order valence-corrected chi connectivity index (χ2v) is 6.22. The Hall–Kier alpha value is -0.120. The summed E-state index contributed by atoms with van der Waals surface area (Å²) < 4.78 is 5.79. The average Bonchev–Trinajstić information content (AvgIpc) is 2.15. The molecule has 0 bridgehead atoms. The standard InChI is InChI=1S/C13H28N2O/c1-11(14-7-6-13(2,3)4)12-10-15(5)8-9-16-12/h11-12,14H,6-10H2,1-5H3/t11-,12-/m1/s1. The van der Waals surface area contributed by atoms with Gasteiger partial charge in [-0.25, -0.2) is 0 Å². The van der Waals surface area contributed by atoms with Crippen LogP contribution in [0.25, 0.3) is 0 Å². The van der Waals surface area contributed by atoms with Crippen LogP contribution in [0.3, 0.4) is 0 Å². The summed E-state index contributed by atoms with van der Waals surface area (Å²) in [6.45, 7) is 13.1. The van der Waals surface area contributed by atoms with Crippen molar-refractivity contribution >= 4 is 0 Å². The molecule has 1 aliphatic rings. The van der Waals surface area contributed by atoms with E-state index in [1.54, 1.807) is 0 Å². The van der Waals surface area contributed by atoms with E-state index in [1.807, 2.05) is 0 Å². The van der Waals surface area contributed by atoms with Gasteiger partial charge >= 0.3 is 0 Å². The van der Waals surface area contributed by atoms with Gasteiger partial charge in [-0.15, -0.1) is 0 Å². The molecule has 1 saturated heterocycles. The molecule has 2 atom stereocenters. The molecule has 0 radical (unpaired) electrons. The van der Waals surface area contributed by atoms with Crippen LogP contribution in [0, 0.1) is 5.41 Å². The lowest BCUT2D eigenvalue weighted by Gasteiger charge is -2.34. The third-order valence-corrected chi connectivity index (χ3v) is 3.20. The van der Waals surface area contributed by atoms with Gasteiger partial charge in [0.15, 0.2) is 0 Å². The van der Waals surface area contributed by atoms with Crippen molar-refractivity contribution in [1.29, 1.82) is 0 Å². The minimum Gasteiger partial charge on any atom is -0.374 e. The first-order chi connectivity index (χ1) is 7.38. The van der Waals surface area contributed by atoms with E-state index in [1.165, 1.54) is 6.42 Å². The molecule has 0 aromatic heterocycles. The van der Waals surface area contributed by atoms with E-state index in [9.17, 15) is 0 Å². The Morgan fingerprint density at radius 1 is 1.44 bits per heavy atom. The molecule has 16 heavy (non-hydrogen) atoms. The van der Waals surface area contributed by atoms with E-state index in [0.29, 0.717) is 17.6 Å². The van der Waals surface area contributed by atoms with Gasteiger partial charge in [-0.1, -0.05) is 20.8 Å². The van der Waals surface area contributed by atoms with Crippen molar-refractivity contribution in [3.05, 3.63) is 0 Å².